The number of carbonyl (C=O) groups is 1. The van der Waals surface area contributed by atoms with Crippen LogP contribution in [0.3, 0.4) is 0 Å². The lowest BCUT2D eigenvalue weighted by molar-refractivity contribution is 0.0986. The molecular formula is C23H22F2N4O2. The van der Waals surface area contributed by atoms with Gasteiger partial charge in [-0.1, -0.05) is 6.07 Å². The van der Waals surface area contributed by atoms with Crippen molar-refractivity contribution in [2.45, 2.75) is 33.8 Å². The van der Waals surface area contributed by atoms with Crippen molar-refractivity contribution in [2.24, 2.45) is 7.05 Å². The summed E-state index contributed by atoms with van der Waals surface area (Å²) in [6.45, 7) is 5.27. The molecule has 0 unspecified atom stereocenters. The van der Waals surface area contributed by atoms with Gasteiger partial charge in [-0.3, -0.25) is 13.9 Å². The van der Waals surface area contributed by atoms with Crippen LogP contribution in [-0.4, -0.2) is 24.9 Å². The lowest BCUT2D eigenvalue weighted by Gasteiger charge is -2.09. The van der Waals surface area contributed by atoms with E-state index in [1.165, 1.54) is 18.2 Å². The van der Waals surface area contributed by atoms with Crippen LogP contribution in [0.2, 0.25) is 0 Å². The first-order valence-electron chi connectivity index (χ1n) is 9.83. The molecular weight excluding hydrogens is 402 g/mol. The van der Waals surface area contributed by atoms with Crippen molar-refractivity contribution in [3.63, 3.8) is 0 Å². The van der Waals surface area contributed by atoms with Gasteiger partial charge in [0.15, 0.2) is 17.2 Å². The largest absolute Gasteiger partial charge is 0.485 e. The van der Waals surface area contributed by atoms with E-state index in [0.29, 0.717) is 22.8 Å². The summed E-state index contributed by atoms with van der Waals surface area (Å²) in [4.78, 5) is 17.7. The fourth-order valence-electron chi connectivity index (χ4n) is 3.74. The van der Waals surface area contributed by atoms with E-state index in [4.69, 9.17) is 4.74 Å². The lowest BCUT2D eigenvalue weighted by atomic mass is 10.0. The minimum absolute atomic E-state index is 0.0958. The third-order valence-corrected chi connectivity index (χ3v) is 5.48. The van der Waals surface area contributed by atoms with Gasteiger partial charge in [0.1, 0.15) is 23.9 Å². The standard InChI is InChI=1S/C23H22F2N4O2/c1-13-16(15(3)28(4)27-13)11-20(30)22-14(2)26-23-21(9-6-10-29(22)23)31-12-17-18(24)7-5-8-19(17)25/h5-10H,11-12H2,1-4H3. The summed E-state index contributed by atoms with van der Waals surface area (Å²) < 4.78 is 36.9. The topological polar surface area (TPSA) is 61.4 Å². The zero-order chi connectivity index (χ0) is 22.3. The van der Waals surface area contributed by atoms with Gasteiger partial charge in [-0.15, -0.1) is 0 Å². The summed E-state index contributed by atoms with van der Waals surface area (Å²) in [5, 5.41) is 4.37. The van der Waals surface area contributed by atoms with Crippen molar-refractivity contribution < 1.29 is 18.3 Å². The number of aryl methyl sites for hydroxylation is 3. The number of halogens is 2. The minimum atomic E-state index is -0.676. The highest BCUT2D eigenvalue weighted by atomic mass is 19.1. The Labute approximate surface area is 178 Å². The van der Waals surface area contributed by atoms with E-state index < -0.39 is 11.6 Å². The predicted molar refractivity (Wildman–Crippen MR) is 111 cm³/mol. The second-order valence-electron chi connectivity index (χ2n) is 7.47. The molecule has 0 aliphatic rings. The summed E-state index contributed by atoms with van der Waals surface area (Å²) in [5.74, 6) is -1.11. The molecule has 0 amide bonds. The SMILES string of the molecule is Cc1nn(C)c(C)c1CC(=O)c1c(C)nc2c(OCc3c(F)cccc3F)cccn12. The number of aromatic nitrogens is 4. The number of hydrogen-bond acceptors (Lipinski definition) is 4. The Morgan fingerprint density at radius 1 is 1.03 bits per heavy atom. The highest BCUT2D eigenvalue weighted by Gasteiger charge is 2.22. The van der Waals surface area contributed by atoms with E-state index in [9.17, 15) is 13.6 Å². The molecule has 4 aromatic rings. The van der Waals surface area contributed by atoms with Crippen molar-refractivity contribution in [3.05, 3.63) is 82.1 Å². The van der Waals surface area contributed by atoms with E-state index in [1.54, 1.807) is 34.3 Å². The third kappa shape index (κ3) is 3.69. The summed E-state index contributed by atoms with van der Waals surface area (Å²) in [5.41, 5.74) is 3.90. The molecule has 0 aliphatic heterocycles. The first-order chi connectivity index (χ1) is 14.8. The molecule has 0 saturated carbocycles. The quantitative estimate of drug-likeness (QED) is 0.434. The molecule has 0 aliphatic carbocycles. The number of hydrogen-bond donors (Lipinski definition) is 0. The first kappa shape index (κ1) is 20.7. The van der Waals surface area contributed by atoms with Gasteiger partial charge in [0.2, 0.25) is 0 Å². The molecule has 1 aromatic carbocycles. The third-order valence-electron chi connectivity index (χ3n) is 5.48. The average molecular weight is 424 g/mol. The molecule has 0 bridgehead atoms. The van der Waals surface area contributed by atoms with E-state index in [-0.39, 0.29) is 24.4 Å². The molecule has 0 atom stereocenters. The molecule has 6 nitrogen and oxygen atoms in total. The number of ketones is 1. The number of nitrogens with zero attached hydrogens (tertiary/aromatic N) is 4. The summed E-state index contributed by atoms with van der Waals surface area (Å²) in [7, 11) is 1.85. The van der Waals surface area contributed by atoms with Gasteiger partial charge < -0.3 is 4.74 Å². The van der Waals surface area contributed by atoms with Gasteiger partial charge in [-0.05, 0) is 45.0 Å². The zero-order valence-corrected chi connectivity index (χ0v) is 17.7. The molecule has 0 fully saturated rings. The van der Waals surface area contributed by atoms with Crippen LogP contribution in [-0.2, 0) is 20.1 Å². The molecule has 3 aromatic heterocycles. The minimum Gasteiger partial charge on any atom is -0.485 e. The van der Waals surface area contributed by atoms with E-state index in [1.807, 2.05) is 20.9 Å². The van der Waals surface area contributed by atoms with Crippen molar-refractivity contribution >= 4 is 11.4 Å². The fourth-order valence-corrected chi connectivity index (χ4v) is 3.74. The second kappa shape index (κ2) is 7.94. The summed E-state index contributed by atoms with van der Waals surface area (Å²) in [6.07, 6.45) is 1.92. The number of ether oxygens (including phenoxy) is 1. The maximum Gasteiger partial charge on any atom is 0.185 e. The maximum absolute atomic E-state index is 13.9. The Bertz CT molecular complexity index is 1290. The van der Waals surface area contributed by atoms with Gasteiger partial charge in [0.05, 0.1) is 17.0 Å². The summed E-state index contributed by atoms with van der Waals surface area (Å²) in [6, 6.07) is 7.03. The number of carbonyl (C=O) groups excluding carboxylic acids is 1. The summed E-state index contributed by atoms with van der Waals surface area (Å²) >= 11 is 0. The molecule has 8 heteroatoms. The van der Waals surface area contributed by atoms with E-state index in [0.717, 1.165) is 17.0 Å². The number of rotatable bonds is 6. The average Bonchev–Trinajstić information content (AvgIpc) is 3.18. The number of imidazole rings is 1. The van der Waals surface area contributed by atoms with Crippen molar-refractivity contribution in [2.75, 3.05) is 0 Å². The Morgan fingerprint density at radius 2 is 1.74 bits per heavy atom. The van der Waals surface area contributed by atoms with Crippen LogP contribution in [0.15, 0.2) is 36.5 Å². The smallest absolute Gasteiger partial charge is 0.185 e. The number of fused-ring (bicyclic) bond motifs is 1. The van der Waals surface area contributed by atoms with Crippen molar-refractivity contribution in [3.8, 4) is 5.75 Å². The first-order valence-corrected chi connectivity index (χ1v) is 9.83. The van der Waals surface area contributed by atoms with Gasteiger partial charge >= 0.3 is 0 Å². The molecule has 0 N–H and O–H groups in total. The molecule has 4 rings (SSSR count). The van der Waals surface area contributed by atoms with E-state index >= 15 is 0 Å². The molecule has 160 valence electrons. The Kier molecular flexibility index (Phi) is 5.31. The van der Waals surface area contributed by atoms with Crippen molar-refractivity contribution in [1.82, 2.24) is 19.2 Å². The van der Waals surface area contributed by atoms with Crippen LogP contribution in [0.4, 0.5) is 8.78 Å². The molecule has 0 saturated heterocycles. The van der Waals surface area contributed by atoms with Crippen LogP contribution in [0, 0.1) is 32.4 Å². The van der Waals surface area contributed by atoms with Crippen LogP contribution < -0.4 is 4.74 Å². The van der Waals surface area contributed by atoms with Crippen LogP contribution in [0.5, 0.6) is 5.75 Å². The molecule has 0 spiro atoms. The molecule has 0 radical (unpaired) electrons. The van der Waals surface area contributed by atoms with Crippen LogP contribution in [0.25, 0.3) is 5.65 Å². The van der Waals surface area contributed by atoms with Gasteiger partial charge in [0, 0.05) is 30.9 Å². The van der Waals surface area contributed by atoms with Gasteiger partial charge in [-0.25, -0.2) is 13.8 Å². The van der Waals surface area contributed by atoms with E-state index in [2.05, 4.69) is 10.1 Å². The van der Waals surface area contributed by atoms with Gasteiger partial charge in [-0.2, -0.15) is 5.10 Å². The fraction of sp³-hybridized carbons (Fsp3) is 0.261. The Hall–Kier alpha value is -3.55. The van der Waals surface area contributed by atoms with Crippen LogP contribution >= 0.6 is 0 Å². The second-order valence-corrected chi connectivity index (χ2v) is 7.47. The zero-order valence-electron chi connectivity index (χ0n) is 17.7. The lowest BCUT2D eigenvalue weighted by Crippen LogP contribution is -2.10. The number of Topliss-reactive ketones (excluding diaryl/α,β-unsaturated/α-hetero) is 1. The molecule has 3 heterocycles. The predicted octanol–water partition coefficient (Wildman–Crippen LogP) is 4.28. The number of pyridine rings is 1. The van der Waals surface area contributed by atoms with Crippen LogP contribution in [0.1, 0.15) is 38.7 Å². The monoisotopic (exact) mass is 424 g/mol. The highest BCUT2D eigenvalue weighted by molar-refractivity contribution is 5.98. The van der Waals surface area contributed by atoms with Crippen molar-refractivity contribution in [1.29, 1.82) is 0 Å². The Morgan fingerprint density at radius 3 is 2.39 bits per heavy atom. The Balaban J connectivity index is 1.66. The molecule has 31 heavy (non-hydrogen) atoms. The maximum atomic E-state index is 13.9. The normalized spacial score (nSPS) is 11.3. The number of benzene rings is 1. The highest BCUT2D eigenvalue weighted by Crippen LogP contribution is 2.25. The van der Waals surface area contributed by atoms with Gasteiger partial charge in [0.25, 0.3) is 0 Å².